The Morgan fingerprint density at radius 1 is 1.50 bits per heavy atom. The van der Waals surface area contributed by atoms with Gasteiger partial charge in [-0.1, -0.05) is 0 Å². The Morgan fingerprint density at radius 3 is 3.09 bits per heavy atom. The predicted octanol–water partition coefficient (Wildman–Crippen LogP) is 3.06. The fourth-order valence-corrected chi connectivity index (χ4v) is 2.50. The van der Waals surface area contributed by atoms with Crippen LogP contribution in [-0.2, 0) is 6.42 Å². The third-order valence-corrected chi connectivity index (χ3v) is 3.47. The summed E-state index contributed by atoms with van der Waals surface area (Å²) in [6.45, 7) is 4.47. The van der Waals surface area contributed by atoms with Crippen molar-refractivity contribution in [1.82, 2.24) is 4.98 Å². The molecule has 1 aromatic heterocycles. The average Bonchev–Trinajstić information content (AvgIpc) is 2.87. The van der Waals surface area contributed by atoms with Crippen molar-refractivity contribution in [3.8, 4) is 11.5 Å². The van der Waals surface area contributed by atoms with Gasteiger partial charge >= 0.3 is 0 Å². The third-order valence-electron chi connectivity index (χ3n) is 3.47. The molecule has 22 heavy (non-hydrogen) atoms. The number of nitrogens with zero attached hydrogens (tertiary/aromatic N) is 1. The second-order valence-electron chi connectivity index (χ2n) is 5.22. The van der Waals surface area contributed by atoms with E-state index in [2.05, 4.69) is 10.3 Å². The van der Waals surface area contributed by atoms with Gasteiger partial charge in [0.1, 0.15) is 17.6 Å². The molecule has 1 unspecified atom stereocenters. The smallest absolute Gasteiger partial charge is 0.257 e. The van der Waals surface area contributed by atoms with Gasteiger partial charge in [-0.05, 0) is 32.0 Å². The van der Waals surface area contributed by atoms with Gasteiger partial charge in [0.2, 0.25) is 0 Å². The van der Waals surface area contributed by atoms with Crippen LogP contribution in [0.2, 0.25) is 0 Å². The summed E-state index contributed by atoms with van der Waals surface area (Å²) in [5.41, 5.74) is 2.22. The molecule has 2 heterocycles. The van der Waals surface area contributed by atoms with E-state index >= 15 is 0 Å². The van der Waals surface area contributed by atoms with E-state index in [4.69, 9.17) is 9.47 Å². The average molecular weight is 298 g/mol. The number of benzene rings is 1. The van der Waals surface area contributed by atoms with Gasteiger partial charge in [-0.15, -0.1) is 0 Å². The summed E-state index contributed by atoms with van der Waals surface area (Å²) in [6, 6.07) is 7.22. The predicted molar refractivity (Wildman–Crippen MR) is 83.6 cm³/mol. The van der Waals surface area contributed by atoms with Crippen LogP contribution in [0, 0.1) is 0 Å². The SMILES string of the molecule is CCOc1cc2c(cc1NC(=O)c1cccnc1)OC(C)C2. The van der Waals surface area contributed by atoms with Crippen molar-refractivity contribution in [2.75, 3.05) is 11.9 Å². The highest BCUT2D eigenvalue weighted by Crippen LogP contribution is 2.38. The summed E-state index contributed by atoms with van der Waals surface area (Å²) in [7, 11) is 0. The molecule has 1 N–H and O–H groups in total. The molecule has 0 saturated carbocycles. The van der Waals surface area contributed by atoms with Crippen LogP contribution in [0.4, 0.5) is 5.69 Å². The summed E-state index contributed by atoms with van der Waals surface area (Å²) >= 11 is 0. The lowest BCUT2D eigenvalue weighted by molar-refractivity contribution is 0.102. The summed E-state index contributed by atoms with van der Waals surface area (Å²) < 4.78 is 11.4. The van der Waals surface area contributed by atoms with Crippen molar-refractivity contribution in [3.63, 3.8) is 0 Å². The number of hydrogen-bond acceptors (Lipinski definition) is 4. The Bertz CT molecular complexity index is 686. The van der Waals surface area contributed by atoms with Gasteiger partial charge in [-0.25, -0.2) is 0 Å². The second kappa shape index (κ2) is 6.05. The fraction of sp³-hybridized carbons (Fsp3) is 0.294. The topological polar surface area (TPSA) is 60.5 Å². The van der Waals surface area contributed by atoms with Crippen LogP contribution in [0.1, 0.15) is 29.8 Å². The van der Waals surface area contributed by atoms with Crippen molar-refractivity contribution >= 4 is 11.6 Å². The zero-order valence-electron chi connectivity index (χ0n) is 12.6. The lowest BCUT2D eigenvalue weighted by atomic mass is 10.1. The number of amides is 1. The number of pyridine rings is 1. The molecule has 114 valence electrons. The molecule has 1 atom stereocenters. The number of hydrogen-bond donors (Lipinski definition) is 1. The summed E-state index contributed by atoms with van der Waals surface area (Å²) in [4.78, 5) is 16.2. The van der Waals surface area contributed by atoms with Crippen molar-refractivity contribution in [3.05, 3.63) is 47.8 Å². The van der Waals surface area contributed by atoms with E-state index in [1.807, 2.05) is 26.0 Å². The van der Waals surface area contributed by atoms with Gasteiger partial charge < -0.3 is 14.8 Å². The van der Waals surface area contributed by atoms with E-state index < -0.39 is 0 Å². The van der Waals surface area contributed by atoms with Crippen LogP contribution in [0.3, 0.4) is 0 Å². The van der Waals surface area contributed by atoms with Gasteiger partial charge in [0.05, 0.1) is 17.9 Å². The molecule has 1 aliphatic rings. The molecule has 0 aliphatic carbocycles. The molecule has 0 bridgehead atoms. The van der Waals surface area contributed by atoms with Gasteiger partial charge in [0.25, 0.3) is 5.91 Å². The summed E-state index contributed by atoms with van der Waals surface area (Å²) in [5, 5.41) is 2.87. The number of fused-ring (bicyclic) bond motifs is 1. The third kappa shape index (κ3) is 2.88. The lowest BCUT2D eigenvalue weighted by Gasteiger charge is -2.13. The second-order valence-corrected chi connectivity index (χ2v) is 5.22. The number of carbonyl (C=O) groups is 1. The zero-order chi connectivity index (χ0) is 15.5. The molecule has 0 fully saturated rings. The van der Waals surface area contributed by atoms with Crippen LogP contribution >= 0.6 is 0 Å². The van der Waals surface area contributed by atoms with Crippen molar-refractivity contribution in [1.29, 1.82) is 0 Å². The Balaban J connectivity index is 1.89. The molecule has 1 amide bonds. The van der Waals surface area contributed by atoms with Crippen LogP contribution in [-0.4, -0.2) is 23.6 Å². The summed E-state index contributed by atoms with van der Waals surface area (Å²) in [5.74, 6) is 1.24. The molecule has 3 rings (SSSR count). The minimum absolute atomic E-state index is 0.147. The van der Waals surface area contributed by atoms with E-state index in [-0.39, 0.29) is 12.0 Å². The quantitative estimate of drug-likeness (QED) is 0.942. The van der Waals surface area contributed by atoms with Crippen LogP contribution < -0.4 is 14.8 Å². The van der Waals surface area contributed by atoms with Gasteiger partial charge in [-0.3, -0.25) is 9.78 Å². The van der Waals surface area contributed by atoms with Crippen LogP contribution in [0.5, 0.6) is 11.5 Å². The van der Waals surface area contributed by atoms with Crippen LogP contribution in [0.15, 0.2) is 36.7 Å². The zero-order valence-corrected chi connectivity index (χ0v) is 12.6. The standard InChI is InChI=1S/C17H18N2O3/c1-3-21-16-8-13-7-11(2)22-15(13)9-14(16)19-17(20)12-5-4-6-18-10-12/h4-6,8-11H,3,7H2,1-2H3,(H,19,20). The first-order valence-electron chi connectivity index (χ1n) is 7.35. The molecule has 1 aromatic carbocycles. The first kappa shape index (κ1) is 14.4. The highest BCUT2D eigenvalue weighted by atomic mass is 16.5. The molecular formula is C17H18N2O3. The molecule has 5 nitrogen and oxygen atoms in total. The molecule has 1 aliphatic heterocycles. The van der Waals surface area contributed by atoms with E-state index in [0.717, 1.165) is 17.7 Å². The monoisotopic (exact) mass is 298 g/mol. The highest BCUT2D eigenvalue weighted by molar-refractivity contribution is 6.05. The maximum Gasteiger partial charge on any atom is 0.257 e. The van der Waals surface area contributed by atoms with Gasteiger partial charge in [0.15, 0.2) is 0 Å². The lowest BCUT2D eigenvalue weighted by Crippen LogP contribution is -2.13. The Hall–Kier alpha value is -2.56. The number of rotatable bonds is 4. The molecule has 2 aromatic rings. The fourth-order valence-electron chi connectivity index (χ4n) is 2.50. The molecular weight excluding hydrogens is 280 g/mol. The summed E-state index contributed by atoms with van der Waals surface area (Å²) in [6.07, 6.45) is 4.16. The van der Waals surface area contributed by atoms with Crippen molar-refractivity contribution in [2.24, 2.45) is 0 Å². The molecule has 0 spiro atoms. The van der Waals surface area contributed by atoms with Crippen molar-refractivity contribution in [2.45, 2.75) is 26.4 Å². The number of nitrogens with one attached hydrogen (secondary N) is 1. The van der Waals surface area contributed by atoms with E-state index in [1.54, 1.807) is 18.3 Å². The molecule has 0 saturated heterocycles. The minimum Gasteiger partial charge on any atom is -0.492 e. The molecule has 0 radical (unpaired) electrons. The van der Waals surface area contributed by atoms with Gasteiger partial charge in [0, 0.05) is 30.4 Å². The maximum absolute atomic E-state index is 12.3. The minimum atomic E-state index is -0.222. The highest BCUT2D eigenvalue weighted by Gasteiger charge is 2.22. The number of carbonyl (C=O) groups excluding carboxylic acids is 1. The van der Waals surface area contributed by atoms with E-state index in [0.29, 0.717) is 23.6 Å². The van der Waals surface area contributed by atoms with Gasteiger partial charge in [-0.2, -0.15) is 0 Å². The first-order chi connectivity index (χ1) is 10.7. The van der Waals surface area contributed by atoms with E-state index in [1.165, 1.54) is 6.20 Å². The Morgan fingerprint density at radius 2 is 2.36 bits per heavy atom. The maximum atomic E-state index is 12.3. The molecule has 5 heteroatoms. The van der Waals surface area contributed by atoms with Crippen LogP contribution in [0.25, 0.3) is 0 Å². The Labute approximate surface area is 129 Å². The normalized spacial score (nSPS) is 15.8. The number of anilines is 1. The van der Waals surface area contributed by atoms with E-state index in [9.17, 15) is 4.79 Å². The van der Waals surface area contributed by atoms with Crippen molar-refractivity contribution < 1.29 is 14.3 Å². The Kier molecular flexibility index (Phi) is 3.96. The number of aromatic nitrogens is 1. The number of ether oxygens (including phenoxy) is 2. The largest absolute Gasteiger partial charge is 0.492 e. The first-order valence-corrected chi connectivity index (χ1v) is 7.35.